The molecule has 1 saturated heterocycles. The summed E-state index contributed by atoms with van der Waals surface area (Å²) < 4.78 is 7.34. The number of rotatable bonds is 5. The van der Waals surface area contributed by atoms with Gasteiger partial charge in [-0.25, -0.2) is 15.8 Å². The monoisotopic (exact) mass is 351 g/mol. The minimum absolute atomic E-state index is 0.0240. The number of carbonyl (C=O) groups excluding carboxylic acids is 1. The van der Waals surface area contributed by atoms with Gasteiger partial charge in [0.25, 0.3) is 0 Å². The van der Waals surface area contributed by atoms with Crippen LogP contribution in [0.3, 0.4) is 0 Å². The van der Waals surface area contributed by atoms with Crippen LogP contribution in [0.15, 0.2) is 65.5 Å². The first-order valence-electron chi connectivity index (χ1n) is 8.59. The number of amides is 1. The second-order valence-corrected chi connectivity index (χ2v) is 6.39. The molecule has 0 spiro atoms. The van der Waals surface area contributed by atoms with Crippen LogP contribution in [0, 0.1) is 0 Å². The Kier molecular flexibility index (Phi) is 4.55. The summed E-state index contributed by atoms with van der Waals surface area (Å²) in [6.07, 6.45) is 5.86. The lowest BCUT2D eigenvalue weighted by atomic mass is 10.0. The van der Waals surface area contributed by atoms with E-state index in [-0.39, 0.29) is 24.0 Å². The van der Waals surface area contributed by atoms with Gasteiger partial charge in [-0.05, 0) is 24.1 Å². The van der Waals surface area contributed by atoms with Gasteiger partial charge >= 0.3 is 0 Å². The molecule has 3 aromatic rings. The lowest BCUT2D eigenvalue weighted by Gasteiger charge is -2.21. The van der Waals surface area contributed by atoms with E-state index in [0.29, 0.717) is 6.42 Å². The summed E-state index contributed by atoms with van der Waals surface area (Å²) in [6, 6.07) is 12.9. The number of furan rings is 1. The quantitative estimate of drug-likeness (QED) is 0.653. The molecular formula is C19H21N5O2. The highest BCUT2D eigenvalue weighted by Gasteiger charge is 2.33. The lowest BCUT2D eigenvalue weighted by Crippen LogP contribution is -2.45. The van der Waals surface area contributed by atoms with Gasteiger partial charge in [0.15, 0.2) is 0 Å². The fraction of sp³-hybridized carbons (Fsp3) is 0.263. The van der Waals surface area contributed by atoms with Gasteiger partial charge in [-0.1, -0.05) is 30.3 Å². The summed E-state index contributed by atoms with van der Waals surface area (Å²) in [5.74, 6) is 1.53. The van der Waals surface area contributed by atoms with Gasteiger partial charge in [0.05, 0.1) is 12.3 Å². The van der Waals surface area contributed by atoms with Gasteiger partial charge in [0.2, 0.25) is 5.91 Å². The van der Waals surface area contributed by atoms with Crippen LogP contribution in [-0.4, -0.2) is 21.5 Å². The van der Waals surface area contributed by atoms with E-state index in [1.54, 1.807) is 12.5 Å². The molecule has 0 bridgehead atoms. The zero-order chi connectivity index (χ0) is 17.9. The Hall–Kier alpha value is -2.90. The second kappa shape index (κ2) is 7.15. The predicted octanol–water partition coefficient (Wildman–Crippen LogP) is 1.83. The Balaban J connectivity index is 1.51. The van der Waals surface area contributed by atoms with Gasteiger partial charge in [-0.15, -0.1) is 0 Å². The van der Waals surface area contributed by atoms with Crippen molar-refractivity contribution in [3.05, 3.63) is 78.3 Å². The topological polar surface area (TPSA) is 84.1 Å². The third kappa shape index (κ3) is 3.26. The van der Waals surface area contributed by atoms with Crippen molar-refractivity contribution in [1.29, 1.82) is 0 Å². The lowest BCUT2D eigenvalue weighted by molar-refractivity contribution is -0.123. The molecule has 3 atom stereocenters. The summed E-state index contributed by atoms with van der Waals surface area (Å²) in [4.78, 5) is 17.3. The summed E-state index contributed by atoms with van der Waals surface area (Å²) in [5, 5.41) is 3.13. The van der Waals surface area contributed by atoms with Crippen LogP contribution in [-0.2, 0) is 11.8 Å². The highest BCUT2D eigenvalue weighted by atomic mass is 16.3. The van der Waals surface area contributed by atoms with Crippen LogP contribution in [0.5, 0.6) is 0 Å². The Morgan fingerprint density at radius 3 is 2.81 bits per heavy atom. The molecule has 1 aromatic carbocycles. The van der Waals surface area contributed by atoms with E-state index in [0.717, 1.165) is 17.1 Å². The molecule has 0 radical (unpaired) electrons. The van der Waals surface area contributed by atoms with Crippen molar-refractivity contribution >= 4 is 5.91 Å². The largest absolute Gasteiger partial charge is 0.468 e. The van der Waals surface area contributed by atoms with Crippen LogP contribution >= 0.6 is 0 Å². The first-order valence-corrected chi connectivity index (χ1v) is 8.59. The van der Waals surface area contributed by atoms with Crippen molar-refractivity contribution in [1.82, 2.24) is 25.7 Å². The fourth-order valence-corrected chi connectivity index (χ4v) is 3.24. The molecule has 3 heterocycles. The first kappa shape index (κ1) is 16.6. The van der Waals surface area contributed by atoms with E-state index in [9.17, 15) is 4.79 Å². The Morgan fingerprint density at radius 2 is 2.12 bits per heavy atom. The van der Waals surface area contributed by atoms with Crippen LogP contribution in [0.2, 0.25) is 0 Å². The number of imidazole rings is 1. The molecule has 26 heavy (non-hydrogen) atoms. The van der Waals surface area contributed by atoms with Crippen molar-refractivity contribution < 1.29 is 9.21 Å². The number of aryl methyl sites for hydroxylation is 1. The average molecular weight is 351 g/mol. The molecule has 7 heteroatoms. The number of carbonyl (C=O) groups is 1. The molecule has 0 saturated carbocycles. The van der Waals surface area contributed by atoms with Crippen LogP contribution in [0.1, 0.15) is 35.7 Å². The maximum absolute atomic E-state index is 12.9. The molecule has 3 unspecified atom stereocenters. The van der Waals surface area contributed by atoms with Gasteiger partial charge in [-0.2, -0.15) is 0 Å². The summed E-state index contributed by atoms with van der Waals surface area (Å²) in [7, 11) is 1.92. The zero-order valence-electron chi connectivity index (χ0n) is 14.4. The highest BCUT2D eigenvalue weighted by Crippen LogP contribution is 2.24. The number of hydrogen-bond acceptors (Lipinski definition) is 5. The molecule has 7 nitrogen and oxygen atoms in total. The van der Waals surface area contributed by atoms with Gasteiger partial charge in [0.1, 0.15) is 23.7 Å². The van der Waals surface area contributed by atoms with Crippen LogP contribution < -0.4 is 16.2 Å². The van der Waals surface area contributed by atoms with E-state index in [4.69, 9.17) is 4.42 Å². The third-order valence-electron chi connectivity index (χ3n) is 4.64. The van der Waals surface area contributed by atoms with E-state index < -0.39 is 0 Å². The number of hydrazine groups is 1. The molecule has 4 rings (SSSR count). The van der Waals surface area contributed by atoms with E-state index in [1.165, 1.54) is 0 Å². The van der Waals surface area contributed by atoms with E-state index >= 15 is 0 Å². The molecular weight excluding hydrogens is 330 g/mol. The SMILES string of the molecule is Cn1ccnc1C(NC(=O)C1CC(c2ccco2)NN1)c1ccccc1. The fourth-order valence-electron chi connectivity index (χ4n) is 3.24. The predicted molar refractivity (Wildman–Crippen MR) is 95.8 cm³/mol. The molecule has 0 aliphatic carbocycles. The number of hydrogen-bond donors (Lipinski definition) is 3. The number of nitrogens with one attached hydrogen (secondary N) is 3. The molecule has 1 fully saturated rings. The summed E-state index contributed by atoms with van der Waals surface area (Å²) in [5.41, 5.74) is 7.18. The van der Waals surface area contributed by atoms with Gasteiger partial charge in [0, 0.05) is 19.4 Å². The van der Waals surface area contributed by atoms with Crippen molar-refractivity contribution in [2.45, 2.75) is 24.5 Å². The van der Waals surface area contributed by atoms with Crippen molar-refractivity contribution in [3.8, 4) is 0 Å². The molecule has 1 amide bonds. The highest BCUT2D eigenvalue weighted by molar-refractivity contribution is 5.82. The Morgan fingerprint density at radius 1 is 1.27 bits per heavy atom. The van der Waals surface area contributed by atoms with Gasteiger partial charge < -0.3 is 14.3 Å². The average Bonchev–Trinajstić information content (AvgIpc) is 3.41. The molecule has 1 aliphatic heterocycles. The van der Waals surface area contributed by atoms with Crippen molar-refractivity contribution in [2.75, 3.05) is 0 Å². The standard InChI is InChI=1S/C19H21N5O2/c1-24-10-9-20-18(24)17(13-6-3-2-4-7-13)21-19(25)15-12-14(22-23-15)16-8-5-11-26-16/h2-11,14-15,17,22-23H,12H2,1H3,(H,21,25). The summed E-state index contributed by atoms with van der Waals surface area (Å²) in [6.45, 7) is 0. The number of nitrogens with zero attached hydrogens (tertiary/aromatic N) is 2. The minimum Gasteiger partial charge on any atom is -0.468 e. The van der Waals surface area contributed by atoms with E-state index in [1.807, 2.05) is 60.3 Å². The van der Waals surface area contributed by atoms with Gasteiger partial charge in [-0.3, -0.25) is 4.79 Å². The second-order valence-electron chi connectivity index (χ2n) is 6.39. The third-order valence-corrected chi connectivity index (χ3v) is 4.64. The Labute approximate surface area is 151 Å². The maximum atomic E-state index is 12.9. The molecule has 3 N–H and O–H groups in total. The maximum Gasteiger partial charge on any atom is 0.239 e. The van der Waals surface area contributed by atoms with Crippen molar-refractivity contribution in [3.63, 3.8) is 0 Å². The minimum atomic E-state index is -0.350. The number of benzene rings is 1. The van der Waals surface area contributed by atoms with Crippen LogP contribution in [0.25, 0.3) is 0 Å². The zero-order valence-corrected chi connectivity index (χ0v) is 14.4. The summed E-state index contributed by atoms with van der Waals surface area (Å²) >= 11 is 0. The Bertz CT molecular complexity index is 859. The molecule has 134 valence electrons. The van der Waals surface area contributed by atoms with Crippen molar-refractivity contribution in [2.24, 2.45) is 7.05 Å². The normalized spacial score (nSPS) is 20.8. The first-order chi connectivity index (χ1) is 12.7. The smallest absolute Gasteiger partial charge is 0.239 e. The molecule has 1 aliphatic rings. The van der Waals surface area contributed by atoms with Crippen LogP contribution in [0.4, 0.5) is 0 Å². The van der Waals surface area contributed by atoms with E-state index in [2.05, 4.69) is 21.2 Å². The molecule has 2 aromatic heterocycles. The number of aromatic nitrogens is 2.